The second kappa shape index (κ2) is 11.7. The molecule has 1 atom stereocenters. The van der Waals surface area contributed by atoms with E-state index in [0.717, 1.165) is 16.9 Å². The minimum absolute atomic E-state index is 0.0846. The summed E-state index contributed by atoms with van der Waals surface area (Å²) in [4.78, 5) is 27.0. The van der Waals surface area contributed by atoms with Crippen molar-refractivity contribution in [2.45, 2.75) is 32.2 Å². The van der Waals surface area contributed by atoms with Gasteiger partial charge in [-0.3, -0.25) is 9.59 Å². The molecule has 2 aromatic carbocycles. The molecular formula is C22H27ClN2O3S. The number of nitrogens with zero attached hydrogens (tertiary/aromatic N) is 1. The lowest BCUT2D eigenvalue weighted by atomic mass is 10.1. The first-order valence-corrected chi connectivity index (χ1v) is 11.0. The van der Waals surface area contributed by atoms with Crippen LogP contribution in [-0.4, -0.2) is 42.2 Å². The summed E-state index contributed by atoms with van der Waals surface area (Å²) in [6.07, 6.45) is 0. The van der Waals surface area contributed by atoms with E-state index in [-0.39, 0.29) is 17.6 Å². The number of carbonyl (C=O) groups is 2. The Bertz CT molecular complexity index is 831. The van der Waals surface area contributed by atoms with Gasteiger partial charge in [-0.05, 0) is 49.2 Å². The molecule has 0 fully saturated rings. The van der Waals surface area contributed by atoms with Crippen LogP contribution in [0.1, 0.15) is 25.0 Å². The Labute approximate surface area is 181 Å². The molecule has 2 aromatic rings. The fourth-order valence-electron chi connectivity index (χ4n) is 2.84. The summed E-state index contributed by atoms with van der Waals surface area (Å²) in [7, 11) is 1.60. The van der Waals surface area contributed by atoms with Gasteiger partial charge in [-0.15, -0.1) is 11.8 Å². The molecule has 0 aliphatic rings. The molecule has 2 amide bonds. The first kappa shape index (κ1) is 23.1. The van der Waals surface area contributed by atoms with Gasteiger partial charge in [0.1, 0.15) is 11.8 Å². The molecule has 0 radical (unpaired) electrons. The van der Waals surface area contributed by atoms with Gasteiger partial charge in [0, 0.05) is 23.9 Å². The van der Waals surface area contributed by atoms with E-state index >= 15 is 0 Å². The fraction of sp³-hybridized carbons (Fsp3) is 0.364. The Kier molecular flexibility index (Phi) is 9.35. The summed E-state index contributed by atoms with van der Waals surface area (Å²) in [5.41, 5.74) is 1.97. The molecule has 1 N–H and O–H groups in total. The number of hydrogen-bond acceptors (Lipinski definition) is 4. The number of likely N-dealkylation sites (N-methyl/N-ethyl adjacent to an activating group) is 1. The maximum Gasteiger partial charge on any atom is 0.242 e. The smallest absolute Gasteiger partial charge is 0.242 e. The molecule has 0 unspecified atom stereocenters. The average Bonchev–Trinajstić information content (AvgIpc) is 2.71. The maximum absolute atomic E-state index is 13.0. The number of nitrogens with one attached hydrogen (secondary N) is 1. The third-order valence-corrected chi connectivity index (χ3v) is 5.61. The van der Waals surface area contributed by atoms with E-state index in [9.17, 15) is 9.59 Å². The lowest BCUT2D eigenvalue weighted by Crippen LogP contribution is -2.48. The van der Waals surface area contributed by atoms with Crippen molar-refractivity contribution in [2.24, 2.45) is 0 Å². The van der Waals surface area contributed by atoms with Crippen LogP contribution < -0.4 is 10.1 Å². The lowest BCUT2D eigenvalue weighted by Gasteiger charge is -2.28. The molecule has 5 nitrogen and oxygen atoms in total. The van der Waals surface area contributed by atoms with Gasteiger partial charge in [0.15, 0.2) is 0 Å². The van der Waals surface area contributed by atoms with Gasteiger partial charge in [0.25, 0.3) is 0 Å². The Hall–Kier alpha value is -2.18. The number of hydrogen-bond donors (Lipinski definition) is 1. The number of rotatable bonds is 10. The Morgan fingerprint density at radius 2 is 1.90 bits per heavy atom. The molecule has 0 aliphatic heterocycles. The quantitative estimate of drug-likeness (QED) is 0.610. The van der Waals surface area contributed by atoms with Crippen LogP contribution in [0, 0.1) is 0 Å². The zero-order valence-electron chi connectivity index (χ0n) is 17.0. The van der Waals surface area contributed by atoms with Crippen LogP contribution in [0.4, 0.5) is 0 Å². The van der Waals surface area contributed by atoms with Crippen molar-refractivity contribution >= 4 is 35.2 Å². The Balaban J connectivity index is 2.08. The predicted molar refractivity (Wildman–Crippen MR) is 119 cm³/mol. The molecule has 0 heterocycles. The topological polar surface area (TPSA) is 58.6 Å². The first-order valence-electron chi connectivity index (χ1n) is 9.47. The Morgan fingerprint density at radius 3 is 2.59 bits per heavy atom. The highest BCUT2D eigenvalue weighted by atomic mass is 35.5. The van der Waals surface area contributed by atoms with Crippen LogP contribution in [0.3, 0.4) is 0 Å². The van der Waals surface area contributed by atoms with Gasteiger partial charge in [-0.1, -0.05) is 35.9 Å². The number of halogens is 1. The minimum Gasteiger partial charge on any atom is -0.497 e. The highest BCUT2D eigenvalue weighted by Gasteiger charge is 2.25. The molecule has 0 aliphatic carbocycles. The monoisotopic (exact) mass is 434 g/mol. The summed E-state index contributed by atoms with van der Waals surface area (Å²) in [5, 5.41) is 3.48. The molecule has 0 spiro atoms. The van der Waals surface area contributed by atoms with E-state index in [1.165, 1.54) is 11.8 Å². The number of amides is 2. The summed E-state index contributed by atoms with van der Waals surface area (Å²) in [6, 6.07) is 14.6. The van der Waals surface area contributed by atoms with E-state index in [4.69, 9.17) is 16.3 Å². The average molecular weight is 435 g/mol. The molecular weight excluding hydrogens is 408 g/mol. The molecule has 156 valence electrons. The van der Waals surface area contributed by atoms with Crippen molar-refractivity contribution in [1.82, 2.24) is 10.2 Å². The summed E-state index contributed by atoms with van der Waals surface area (Å²) in [5.74, 6) is 1.42. The normalized spacial score (nSPS) is 11.6. The molecule has 0 saturated carbocycles. The SMILES string of the molecule is CCNC(=O)[C@@H](C)N(Cc1cccc(OC)c1)C(=O)CSCc1cccc(Cl)c1. The molecule has 0 aromatic heterocycles. The predicted octanol–water partition coefficient (Wildman–Crippen LogP) is 4.14. The van der Waals surface area contributed by atoms with Crippen molar-refractivity contribution in [2.75, 3.05) is 19.4 Å². The molecule has 29 heavy (non-hydrogen) atoms. The second-order valence-corrected chi connectivity index (χ2v) is 7.99. The van der Waals surface area contributed by atoms with E-state index in [2.05, 4.69) is 5.32 Å². The van der Waals surface area contributed by atoms with E-state index in [1.807, 2.05) is 55.5 Å². The van der Waals surface area contributed by atoms with E-state index in [0.29, 0.717) is 23.9 Å². The van der Waals surface area contributed by atoms with Gasteiger partial charge < -0.3 is 15.0 Å². The van der Waals surface area contributed by atoms with Gasteiger partial charge in [-0.2, -0.15) is 0 Å². The maximum atomic E-state index is 13.0. The summed E-state index contributed by atoms with van der Waals surface area (Å²) >= 11 is 7.52. The number of thioether (sulfide) groups is 1. The van der Waals surface area contributed by atoms with Crippen LogP contribution in [-0.2, 0) is 21.9 Å². The zero-order valence-corrected chi connectivity index (χ0v) is 18.6. The van der Waals surface area contributed by atoms with Crippen LogP contribution in [0.15, 0.2) is 48.5 Å². The van der Waals surface area contributed by atoms with Crippen molar-refractivity contribution in [3.05, 3.63) is 64.7 Å². The van der Waals surface area contributed by atoms with Crippen LogP contribution >= 0.6 is 23.4 Å². The third-order valence-electron chi connectivity index (χ3n) is 4.39. The molecule has 0 saturated heterocycles. The van der Waals surface area contributed by atoms with E-state index < -0.39 is 6.04 Å². The van der Waals surface area contributed by atoms with E-state index in [1.54, 1.807) is 18.9 Å². The number of carbonyl (C=O) groups excluding carboxylic acids is 2. The Morgan fingerprint density at radius 1 is 1.17 bits per heavy atom. The number of benzene rings is 2. The third kappa shape index (κ3) is 7.29. The van der Waals surface area contributed by atoms with Crippen molar-refractivity contribution in [3.8, 4) is 5.75 Å². The van der Waals surface area contributed by atoms with Gasteiger partial charge in [0.2, 0.25) is 11.8 Å². The second-order valence-electron chi connectivity index (χ2n) is 6.57. The highest BCUT2D eigenvalue weighted by Crippen LogP contribution is 2.20. The van der Waals surface area contributed by atoms with Gasteiger partial charge >= 0.3 is 0 Å². The zero-order chi connectivity index (χ0) is 21.2. The number of ether oxygens (including phenoxy) is 1. The van der Waals surface area contributed by atoms with Gasteiger partial charge in [-0.25, -0.2) is 0 Å². The van der Waals surface area contributed by atoms with Crippen molar-refractivity contribution in [3.63, 3.8) is 0 Å². The molecule has 0 bridgehead atoms. The van der Waals surface area contributed by atoms with Crippen molar-refractivity contribution < 1.29 is 14.3 Å². The van der Waals surface area contributed by atoms with Gasteiger partial charge in [0.05, 0.1) is 12.9 Å². The van der Waals surface area contributed by atoms with Crippen molar-refractivity contribution in [1.29, 1.82) is 0 Å². The van der Waals surface area contributed by atoms with Crippen LogP contribution in [0.2, 0.25) is 5.02 Å². The lowest BCUT2D eigenvalue weighted by molar-refractivity contribution is -0.138. The standard InChI is InChI=1S/C22H27ClN2O3S/c1-4-24-22(27)16(2)25(13-17-7-6-10-20(12-17)28-3)21(26)15-29-14-18-8-5-9-19(23)11-18/h5-12,16H,4,13-15H2,1-3H3,(H,24,27)/t16-/m1/s1. The van der Waals surface area contributed by atoms with Crippen LogP contribution in [0.25, 0.3) is 0 Å². The minimum atomic E-state index is -0.569. The first-order chi connectivity index (χ1) is 13.9. The largest absolute Gasteiger partial charge is 0.497 e. The molecule has 7 heteroatoms. The summed E-state index contributed by atoms with van der Waals surface area (Å²) < 4.78 is 5.27. The highest BCUT2D eigenvalue weighted by molar-refractivity contribution is 7.99. The summed E-state index contributed by atoms with van der Waals surface area (Å²) in [6.45, 7) is 4.48. The number of methoxy groups -OCH3 is 1. The molecule has 2 rings (SSSR count). The fourth-order valence-corrected chi connectivity index (χ4v) is 3.91. The van der Waals surface area contributed by atoms with Crippen LogP contribution in [0.5, 0.6) is 5.75 Å².